The molecule has 18 nitrogen and oxygen atoms in total. The Bertz CT molecular complexity index is 2230. The minimum absolute atomic E-state index is 0.0109. The molecule has 2 aliphatic heterocycles. The minimum atomic E-state index is -1.53. The number of benzene rings is 3. The first-order chi connectivity index (χ1) is 29.9. The lowest BCUT2D eigenvalue weighted by Gasteiger charge is -2.31. The van der Waals surface area contributed by atoms with Gasteiger partial charge in [0.25, 0.3) is 0 Å². The van der Waals surface area contributed by atoms with E-state index in [1.165, 1.54) is 24.0 Å². The highest BCUT2D eigenvalue weighted by Crippen LogP contribution is 2.22. The molecule has 0 saturated carbocycles. The van der Waals surface area contributed by atoms with Crippen molar-refractivity contribution in [1.29, 1.82) is 0 Å². The molecule has 1 aromatic heterocycles. The molecule has 0 unspecified atom stereocenters. The van der Waals surface area contributed by atoms with Crippen LogP contribution in [0.15, 0.2) is 85.1 Å². The number of ether oxygens (including phenoxy) is 1. The van der Waals surface area contributed by atoms with Gasteiger partial charge in [0.05, 0.1) is 6.61 Å². The minimum Gasteiger partial charge on any atom is -0.508 e. The molecule has 0 bridgehead atoms. The molecule has 2 saturated heterocycles. The average Bonchev–Trinajstić information content (AvgIpc) is 3.93. The van der Waals surface area contributed by atoms with Crippen LogP contribution in [0.2, 0.25) is 0 Å². The molecule has 3 heterocycles. The van der Waals surface area contributed by atoms with Crippen LogP contribution in [-0.2, 0) is 53.0 Å². The summed E-state index contributed by atoms with van der Waals surface area (Å²) < 4.78 is 5.30. The second-order valence-corrected chi connectivity index (χ2v) is 15.4. The molecule has 7 amide bonds. The van der Waals surface area contributed by atoms with Crippen LogP contribution in [0.25, 0.3) is 10.9 Å². The number of fused-ring (bicyclic) bond motifs is 2. The fraction of sp³-hybridized carbons (Fsp3) is 0.386. The summed E-state index contributed by atoms with van der Waals surface area (Å²) in [5.74, 6) is -4.46. The number of aromatic amines is 1. The molecule has 9 N–H and O–H groups in total. The van der Waals surface area contributed by atoms with Crippen LogP contribution in [0.1, 0.15) is 49.3 Å². The van der Waals surface area contributed by atoms with E-state index in [9.17, 15) is 43.8 Å². The van der Waals surface area contributed by atoms with Crippen molar-refractivity contribution in [2.45, 2.75) is 88.3 Å². The number of hydrogen-bond donors (Lipinski definition) is 9. The SMILES string of the molecule is C[C@H]1NC(=O)[C@@H]2CCCN2C(=O)[C@H](Cc2ccc(O)cc2)NC(=O)[C@H](CCCNC(=O)OCc2ccccc2)NC(=O)[C@H](Cc2c[nH]c3ccccc23)NC(=O)[C@H](CO)NC1=O. The number of phenols is 1. The standard InChI is InChI=1S/C44H52N8O10/c1-26-38(55)51-36(24-53)41(58)49-34(22-29-23-46-32-12-6-5-11-31(29)32)40(57)48-33(13-7-19-45-44(61)62-25-28-9-3-2-4-10-28)39(56)50-35(21-27-15-17-30(54)18-16-27)43(60)52-20-8-14-37(52)42(59)47-26/h2-6,9-12,15-18,23,26,33-37,46,53-54H,7-8,13-14,19-22,24-25H2,1H3,(H,45,61)(H,47,59)(H,48,57)(H,49,58)(H,50,56)(H,51,55)/t26-,33+,34+,35+,36+,37+/m1/s1. The van der Waals surface area contributed by atoms with Gasteiger partial charge in [0, 0.05) is 43.0 Å². The Morgan fingerprint density at radius 2 is 1.40 bits per heavy atom. The van der Waals surface area contributed by atoms with Crippen LogP contribution in [0.5, 0.6) is 5.75 Å². The zero-order valence-corrected chi connectivity index (χ0v) is 34.2. The van der Waals surface area contributed by atoms with Crippen molar-refractivity contribution in [3.8, 4) is 5.75 Å². The molecule has 6 rings (SSSR count). The first-order valence-electron chi connectivity index (χ1n) is 20.6. The number of rotatable bonds is 11. The van der Waals surface area contributed by atoms with Gasteiger partial charge in [-0.2, -0.15) is 0 Å². The second-order valence-electron chi connectivity index (χ2n) is 15.4. The third kappa shape index (κ3) is 11.7. The number of phenolic OH excluding ortho intramolecular Hbond substituents is 1. The number of aromatic hydroxyl groups is 1. The number of carbonyl (C=O) groups excluding carboxylic acids is 7. The summed E-state index contributed by atoms with van der Waals surface area (Å²) in [6.07, 6.45) is 1.68. The molecule has 62 heavy (non-hydrogen) atoms. The van der Waals surface area contributed by atoms with E-state index in [4.69, 9.17) is 4.74 Å². The number of H-pyrrole nitrogens is 1. The molecular formula is C44H52N8O10. The van der Waals surface area contributed by atoms with Crippen LogP contribution in [0, 0.1) is 0 Å². The van der Waals surface area contributed by atoms with E-state index in [2.05, 4.69) is 36.9 Å². The average molecular weight is 853 g/mol. The van der Waals surface area contributed by atoms with Crippen molar-refractivity contribution in [2.24, 2.45) is 0 Å². The summed E-state index contributed by atoms with van der Waals surface area (Å²) in [6.45, 7) is 0.794. The summed E-state index contributed by atoms with van der Waals surface area (Å²) >= 11 is 0. The Kier molecular flexibility index (Phi) is 15.1. The smallest absolute Gasteiger partial charge is 0.407 e. The highest BCUT2D eigenvalue weighted by atomic mass is 16.5. The molecule has 2 fully saturated rings. The Morgan fingerprint density at radius 1 is 0.742 bits per heavy atom. The van der Waals surface area contributed by atoms with Gasteiger partial charge < -0.3 is 56.7 Å². The van der Waals surface area contributed by atoms with Crippen molar-refractivity contribution < 1.29 is 48.5 Å². The number of para-hydroxylation sites is 1. The molecule has 328 valence electrons. The summed E-state index contributed by atoms with van der Waals surface area (Å²) in [7, 11) is 0. The number of aliphatic hydroxyl groups excluding tert-OH is 1. The van der Waals surface area contributed by atoms with Crippen molar-refractivity contribution >= 4 is 52.4 Å². The number of nitrogens with zero attached hydrogens (tertiary/aromatic N) is 1. The Hall–Kier alpha value is -6.95. The van der Waals surface area contributed by atoms with Gasteiger partial charge in [-0.05, 0) is 67.5 Å². The summed E-state index contributed by atoms with van der Waals surface area (Å²) in [6, 6.07) is 14.8. The van der Waals surface area contributed by atoms with E-state index in [-0.39, 0.29) is 57.6 Å². The monoisotopic (exact) mass is 852 g/mol. The zero-order valence-electron chi connectivity index (χ0n) is 34.2. The Balaban J connectivity index is 1.30. The molecule has 3 aromatic carbocycles. The molecule has 2 aliphatic rings. The van der Waals surface area contributed by atoms with Crippen LogP contribution in [0.3, 0.4) is 0 Å². The van der Waals surface area contributed by atoms with E-state index in [0.29, 0.717) is 17.5 Å². The largest absolute Gasteiger partial charge is 0.508 e. The molecule has 6 atom stereocenters. The van der Waals surface area contributed by atoms with Gasteiger partial charge in [-0.3, -0.25) is 28.8 Å². The molecule has 0 radical (unpaired) electrons. The number of amides is 7. The zero-order chi connectivity index (χ0) is 44.2. The topological polar surface area (TPSA) is 260 Å². The molecule has 0 aliphatic carbocycles. The third-order valence-corrected chi connectivity index (χ3v) is 10.9. The summed E-state index contributed by atoms with van der Waals surface area (Å²) in [5, 5.41) is 36.8. The molecular weight excluding hydrogens is 801 g/mol. The van der Waals surface area contributed by atoms with Crippen LogP contribution in [-0.4, -0.2) is 118 Å². The van der Waals surface area contributed by atoms with Crippen molar-refractivity contribution in [3.63, 3.8) is 0 Å². The Morgan fingerprint density at radius 3 is 2.16 bits per heavy atom. The van der Waals surface area contributed by atoms with Gasteiger partial charge in [-0.25, -0.2) is 4.79 Å². The number of carbonyl (C=O) groups is 7. The molecule has 4 aromatic rings. The third-order valence-electron chi connectivity index (χ3n) is 10.9. The van der Waals surface area contributed by atoms with Crippen LogP contribution in [0.4, 0.5) is 4.79 Å². The predicted octanol–water partition coefficient (Wildman–Crippen LogP) is 0.806. The summed E-state index contributed by atoms with van der Waals surface area (Å²) in [5.41, 5.74) is 2.77. The van der Waals surface area contributed by atoms with E-state index in [0.717, 1.165) is 16.5 Å². The van der Waals surface area contributed by atoms with E-state index in [1.807, 2.05) is 42.5 Å². The fourth-order valence-electron chi connectivity index (χ4n) is 7.52. The van der Waals surface area contributed by atoms with E-state index >= 15 is 0 Å². The van der Waals surface area contributed by atoms with E-state index in [1.54, 1.807) is 30.5 Å². The first kappa shape index (κ1) is 44.6. The van der Waals surface area contributed by atoms with Gasteiger partial charge in [0.15, 0.2) is 0 Å². The number of alkyl carbamates (subject to hydrolysis) is 1. The fourth-order valence-corrected chi connectivity index (χ4v) is 7.52. The van der Waals surface area contributed by atoms with Crippen molar-refractivity contribution in [2.75, 3.05) is 19.7 Å². The highest BCUT2D eigenvalue weighted by molar-refractivity contribution is 5.98. The van der Waals surface area contributed by atoms with Gasteiger partial charge in [0.2, 0.25) is 35.4 Å². The van der Waals surface area contributed by atoms with Gasteiger partial charge in [-0.15, -0.1) is 0 Å². The van der Waals surface area contributed by atoms with Crippen molar-refractivity contribution in [3.05, 3.63) is 102 Å². The maximum Gasteiger partial charge on any atom is 0.407 e. The van der Waals surface area contributed by atoms with E-state index < -0.39 is 84.4 Å². The maximum absolute atomic E-state index is 14.4. The lowest BCUT2D eigenvalue weighted by Crippen LogP contribution is -2.62. The first-order valence-corrected chi connectivity index (χ1v) is 20.6. The normalized spacial score (nSPS) is 22.9. The number of aliphatic hydroxyl groups is 1. The lowest BCUT2D eigenvalue weighted by molar-refractivity contribution is -0.142. The van der Waals surface area contributed by atoms with Crippen molar-refractivity contribution in [1.82, 2.24) is 41.8 Å². The highest BCUT2D eigenvalue weighted by Gasteiger charge is 2.40. The van der Waals surface area contributed by atoms with Crippen LogP contribution < -0.4 is 31.9 Å². The lowest BCUT2D eigenvalue weighted by atomic mass is 10.0. The van der Waals surface area contributed by atoms with Gasteiger partial charge >= 0.3 is 6.09 Å². The van der Waals surface area contributed by atoms with Gasteiger partial charge in [-0.1, -0.05) is 60.7 Å². The summed E-state index contributed by atoms with van der Waals surface area (Å²) in [4.78, 5) is 101. The molecule has 18 heteroatoms. The number of hydrogen-bond acceptors (Lipinski definition) is 10. The Labute approximate surface area is 357 Å². The maximum atomic E-state index is 14.4. The number of aromatic nitrogens is 1. The number of nitrogens with one attached hydrogen (secondary N) is 7. The quantitative estimate of drug-likeness (QED) is 0.0960. The van der Waals surface area contributed by atoms with Gasteiger partial charge in [0.1, 0.15) is 48.6 Å². The molecule has 0 spiro atoms. The van der Waals surface area contributed by atoms with Crippen LogP contribution >= 0.6 is 0 Å². The second kappa shape index (κ2) is 21.0. The predicted molar refractivity (Wildman–Crippen MR) is 225 cm³/mol.